The Bertz CT molecular complexity index is 944. The van der Waals surface area contributed by atoms with E-state index in [4.69, 9.17) is 0 Å². The molecule has 0 aliphatic carbocycles. The largest absolute Gasteiger partial charge is 0.416 e. The van der Waals surface area contributed by atoms with Gasteiger partial charge in [-0.15, -0.1) is 0 Å². The molecule has 31 heavy (non-hydrogen) atoms. The van der Waals surface area contributed by atoms with Crippen molar-refractivity contribution in [1.29, 1.82) is 0 Å². The molecule has 2 amide bonds. The van der Waals surface area contributed by atoms with Crippen LogP contribution in [0.4, 0.5) is 24.5 Å². The molecule has 5 nitrogen and oxygen atoms in total. The van der Waals surface area contributed by atoms with Crippen LogP contribution in [0.2, 0.25) is 0 Å². The van der Waals surface area contributed by atoms with Gasteiger partial charge in [-0.3, -0.25) is 9.59 Å². The SMILES string of the molecule is CCCN1CCCc2cc(CCNC(=O)C(=O)Nc3cccc(C(F)(F)F)c3)ccc21. The van der Waals surface area contributed by atoms with Crippen LogP contribution >= 0.6 is 0 Å². The molecular formula is C23H26F3N3O2. The number of rotatable bonds is 6. The number of hydrogen-bond donors (Lipinski definition) is 2. The first kappa shape index (κ1) is 22.7. The summed E-state index contributed by atoms with van der Waals surface area (Å²) in [6, 6.07) is 10.5. The first-order chi connectivity index (χ1) is 14.8. The number of fused-ring (bicyclic) bond motifs is 1. The predicted octanol–water partition coefficient (Wildman–Crippen LogP) is 4.17. The van der Waals surface area contributed by atoms with Gasteiger partial charge in [0, 0.05) is 31.0 Å². The van der Waals surface area contributed by atoms with Gasteiger partial charge in [0.1, 0.15) is 0 Å². The molecule has 0 saturated heterocycles. The molecule has 8 heteroatoms. The number of halogens is 3. The zero-order chi connectivity index (χ0) is 22.4. The number of nitrogens with one attached hydrogen (secondary N) is 2. The van der Waals surface area contributed by atoms with E-state index in [0.29, 0.717) is 6.42 Å². The summed E-state index contributed by atoms with van der Waals surface area (Å²) in [6.07, 6.45) is -0.733. The lowest BCUT2D eigenvalue weighted by Gasteiger charge is -2.31. The van der Waals surface area contributed by atoms with Crippen LogP contribution in [0.5, 0.6) is 0 Å². The van der Waals surface area contributed by atoms with Gasteiger partial charge in [0.25, 0.3) is 0 Å². The maximum atomic E-state index is 12.8. The summed E-state index contributed by atoms with van der Waals surface area (Å²) in [5.74, 6) is -1.88. The zero-order valence-electron chi connectivity index (χ0n) is 17.4. The summed E-state index contributed by atoms with van der Waals surface area (Å²) in [7, 11) is 0. The monoisotopic (exact) mass is 433 g/mol. The summed E-state index contributed by atoms with van der Waals surface area (Å²) in [5, 5.41) is 4.73. The van der Waals surface area contributed by atoms with E-state index in [-0.39, 0.29) is 12.2 Å². The number of alkyl halides is 3. The Balaban J connectivity index is 1.52. The topological polar surface area (TPSA) is 61.4 Å². The third-order valence-corrected chi connectivity index (χ3v) is 5.21. The number of anilines is 2. The van der Waals surface area contributed by atoms with Crippen LogP contribution in [0.3, 0.4) is 0 Å². The number of amides is 2. The highest BCUT2D eigenvalue weighted by molar-refractivity contribution is 6.39. The first-order valence-electron chi connectivity index (χ1n) is 10.4. The quantitative estimate of drug-likeness (QED) is 0.673. The Hall–Kier alpha value is -3.03. The molecule has 0 saturated carbocycles. The fourth-order valence-corrected chi connectivity index (χ4v) is 3.75. The highest BCUT2D eigenvalue weighted by Gasteiger charge is 2.30. The Morgan fingerprint density at radius 1 is 1.10 bits per heavy atom. The van der Waals surface area contributed by atoms with E-state index in [9.17, 15) is 22.8 Å². The lowest BCUT2D eigenvalue weighted by Crippen LogP contribution is -2.36. The molecule has 0 spiro atoms. The molecule has 0 unspecified atom stereocenters. The van der Waals surface area contributed by atoms with E-state index in [0.717, 1.165) is 50.0 Å². The smallest absolute Gasteiger partial charge is 0.371 e. The molecule has 1 heterocycles. The summed E-state index contributed by atoms with van der Waals surface area (Å²) >= 11 is 0. The molecule has 0 aromatic heterocycles. The van der Waals surface area contributed by atoms with Crippen LogP contribution in [0.25, 0.3) is 0 Å². The van der Waals surface area contributed by atoms with Gasteiger partial charge in [0.15, 0.2) is 0 Å². The molecule has 2 N–H and O–H groups in total. The highest BCUT2D eigenvalue weighted by atomic mass is 19.4. The Morgan fingerprint density at radius 3 is 2.65 bits per heavy atom. The lowest BCUT2D eigenvalue weighted by atomic mass is 9.98. The van der Waals surface area contributed by atoms with E-state index in [1.807, 2.05) is 6.07 Å². The van der Waals surface area contributed by atoms with Crippen molar-refractivity contribution in [3.8, 4) is 0 Å². The second kappa shape index (κ2) is 9.85. The number of hydrogen-bond acceptors (Lipinski definition) is 3. The fraction of sp³-hybridized carbons (Fsp3) is 0.391. The van der Waals surface area contributed by atoms with Crippen molar-refractivity contribution >= 4 is 23.2 Å². The van der Waals surface area contributed by atoms with E-state index >= 15 is 0 Å². The minimum atomic E-state index is -4.52. The van der Waals surface area contributed by atoms with Crippen LogP contribution < -0.4 is 15.5 Å². The number of nitrogens with zero attached hydrogens (tertiary/aromatic N) is 1. The summed E-state index contributed by atoms with van der Waals surface area (Å²) in [6.45, 7) is 4.52. The molecule has 2 aromatic carbocycles. The Kier molecular flexibility index (Phi) is 7.20. The average Bonchev–Trinajstić information content (AvgIpc) is 2.73. The fourth-order valence-electron chi connectivity index (χ4n) is 3.75. The van der Waals surface area contributed by atoms with Crippen LogP contribution in [-0.4, -0.2) is 31.4 Å². The van der Waals surface area contributed by atoms with Gasteiger partial charge < -0.3 is 15.5 Å². The standard InChI is InChI=1S/C23H26F3N3O2/c1-2-12-29-13-4-5-17-14-16(8-9-20(17)29)10-11-27-21(30)22(31)28-19-7-3-6-18(15-19)23(24,25)26/h3,6-9,14-15H,2,4-5,10-13H2,1H3,(H,27,30)(H,28,31). The van der Waals surface area contributed by atoms with Crippen LogP contribution in [-0.2, 0) is 28.6 Å². The number of benzene rings is 2. The second-order valence-electron chi connectivity index (χ2n) is 7.59. The Labute approximate surface area is 179 Å². The molecule has 1 aliphatic heterocycles. The van der Waals surface area contributed by atoms with E-state index in [2.05, 4.69) is 34.6 Å². The molecule has 0 fully saturated rings. The number of carbonyl (C=O) groups is 2. The van der Waals surface area contributed by atoms with Crippen molar-refractivity contribution in [2.24, 2.45) is 0 Å². The van der Waals surface area contributed by atoms with Gasteiger partial charge in [0.2, 0.25) is 0 Å². The summed E-state index contributed by atoms with van der Waals surface area (Å²) in [5.41, 5.74) is 2.65. The molecule has 0 radical (unpaired) electrons. The van der Waals surface area contributed by atoms with E-state index < -0.39 is 23.6 Å². The van der Waals surface area contributed by atoms with Crippen molar-refractivity contribution in [3.63, 3.8) is 0 Å². The molecule has 0 atom stereocenters. The minimum Gasteiger partial charge on any atom is -0.371 e. The van der Waals surface area contributed by atoms with E-state index in [1.165, 1.54) is 23.4 Å². The van der Waals surface area contributed by atoms with Gasteiger partial charge in [-0.25, -0.2) is 0 Å². The first-order valence-corrected chi connectivity index (χ1v) is 10.4. The van der Waals surface area contributed by atoms with E-state index in [1.54, 1.807) is 0 Å². The summed E-state index contributed by atoms with van der Waals surface area (Å²) < 4.78 is 38.3. The second-order valence-corrected chi connectivity index (χ2v) is 7.59. The average molecular weight is 433 g/mol. The van der Waals surface area contributed by atoms with Gasteiger partial charge in [-0.05, 0) is 61.1 Å². The van der Waals surface area contributed by atoms with Crippen molar-refractivity contribution in [2.75, 3.05) is 29.9 Å². The summed E-state index contributed by atoms with van der Waals surface area (Å²) in [4.78, 5) is 26.4. The molecule has 1 aliphatic rings. The number of aryl methyl sites for hydroxylation is 1. The maximum Gasteiger partial charge on any atom is 0.416 e. The van der Waals surface area contributed by atoms with Crippen molar-refractivity contribution in [2.45, 2.75) is 38.8 Å². The molecule has 3 rings (SSSR count). The van der Waals surface area contributed by atoms with Crippen molar-refractivity contribution in [1.82, 2.24) is 5.32 Å². The Morgan fingerprint density at radius 2 is 1.90 bits per heavy atom. The van der Waals surface area contributed by atoms with Gasteiger partial charge in [-0.2, -0.15) is 13.2 Å². The van der Waals surface area contributed by atoms with Crippen LogP contribution in [0.1, 0.15) is 36.5 Å². The zero-order valence-corrected chi connectivity index (χ0v) is 17.4. The van der Waals surface area contributed by atoms with Crippen molar-refractivity contribution in [3.05, 3.63) is 59.2 Å². The van der Waals surface area contributed by atoms with Gasteiger partial charge in [-0.1, -0.05) is 25.1 Å². The lowest BCUT2D eigenvalue weighted by molar-refractivity contribution is -0.137. The number of carbonyl (C=O) groups excluding carboxylic acids is 2. The molecule has 0 bridgehead atoms. The third-order valence-electron chi connectivity index (χ3n) is 5.21. The van der Waals surface area contributed by atoms with Crippen LogP contribution in [0.15, 0.2) is 42.5 Å². The predicted molar refractivity (Wildman–Crippen MR) is 114 cm³/mol. The molecule has 166 valence electrons. The normalized spacial score (nSPS) is 13.5. The minimum absolute atomic E-state index is 0.0821. The highest BCUT2D eigenvalue weighted by Crippen LogP contribution is 2.31. The van der Waals surface area contributed by atoms with Crippen LogP contribution in [0, 0.1) is 0 Å². The molecular weight excluding hydrogens is 407 g/mol. The third kappa shape index (κ3) is 5.99. The maximum absolute atomic E-state index is 12.8. The van der Waals surface area contributed by atoms with Gasteiger partial charge in [0.05, 0.1) is 5.56 Å². The van der Waals surface area contributed by atoms with Gasteiger partial charge >= 0.3 is 18.0 Å². The van der Waals surface area contributed by atoms with Crippen molar-refractivity contribution < 1.29 is 22.8 Å². The molecule has 2 aromatic rings.